The van der Waals surface area contributed by atoms with Crippen molar-refractivity contribution in [2.75, 3.05) is 0 Å². The maximum absolute atomic E-state index is 10.8. The Hall–Kier alpha value is -1.96. The molecule has 2 rings (SSSR count). The highest BCUT2D eigenvalue weighted by Crippen LogP contribution is 2.17. The van der Waals surface area contributed by atoms with Crippen molar-refractivity contribution in [2.45, 2.75) is 6.54 Å². The lowest BCUT2D eigenvalue weighted by Crippen LogP contribution is -2.74. The van der Waals surface area contributed by atoms with E-state index in [1.807, 2.05) is 52.9 Å². The first-order valence-electron chi connectivity index (χ1n) is 5.92. The highest BCUT2D eigenvalue weighted by molar-refractivity contribution is 14.1. The van der Waals surface area contributed by atoms with Crippen LogP contribution in [-0.2, 0) is 6.54 Å². The molecule has 0 aliphatic rings. The number of nitrogens with one attached hydrogen (secondary N) is 1. The van der Waals surface area contributed by atoms with Crippen molar-refractivity contribution in [2.24, 2.45) is 5.73 Å². The van der Waals surface area contributed by atoms with Crippen molar-refractivity contribution in [3.05, 3.63) is 73.3 Å². The second-order valence-electron chi connectivity index (χ2n) is 4.21. The van der Waals surface area contributed by atoms with Crippen molar-refractivity contribution in [3.63, 3.8) is 0 Å². The van der Waals surface area contributed by atoms with E-state index in [9.17, 15) is 10.1 Å². The van der Waals surface area contributed by atoms with Gasteiger partial charge in [0.1, 0.15) is 6.54 Å². The third-order valence-electron chi connectivity index (χ3n) is 2.73. The molecule has 0 aliphatic heterocycles. The Balaban J connectivity index is 2.24. The van der Waals surface area contributed by atoms with Crippen LogP contribution in [0, 0.1) is 13.7 Å². The third-order valence-corrected chi connectivity index (χ3v) is 3.35. The SMILES string of the molecule is NC(=[NH+]Cc1ccccc1)c1cc(I)cc([N+](=O)[O-])c1. The molecular formula is C14H13IN3O2+. The van der Waals surface area contributed by atoms with Crippen molar-refractivity contribution in [1.82, 2.24) is 0 Å². The Morgan fingerprint density at radius 3 is 2.60 bits per heavy atom. The van der Waals surface area contributed by atoms with E-state index in [0.29, 0.717) is 17.9 Å². The van der Waals surface area contributed by atoms with Crippen LogP contribution in [0.5, 0.6) is 0 Å². The summed E-state index contributed by atoms with van der Waals surface area (Å²) in [5.74, 6) is 0.426. The molecular weight excluding hydrogens is 369 g/mol. The van der Waals surface area contributed by atoms with E-state index in [1.54, 1.807) is 6.07 Å². The summed E-state index contributed by atoms with van der Waals surface area (Å²) in [5, 5.41) is 10.8. The number of non-ortho nitro benzene ring substituents is 1. The minimum Gasteiger partial charge on any atom is -0.287 e. The predicted molar refractivity (Wildman–Crippen MR) is 85.2 cm³/mol. The number of hydrogen-bond acceptors (Lipinski definition) is 2. The fourth-order valence-corrected chi connectivity index (χ4v) is 2.38. The van der Waals surface area contributed by atoms with Crippen LogP contribution in [0.15, 0.2) is 48.5 Å². The quantitative estimate of drug-likeness (QED) is 0.274. The number of nitro benzene ring substituents is 1. The molecule has 0 saturated carbocycles. The predicted octanol–water partition coefficient (Wildman–Crippen LogP) is 1.19. The Bertz CT molecular complexity index is 657. The molecule has 0 unspecified atom stereocenters. The van der Waals surface area contributed by atoms with Crippen LogP contribution in [0.2, 0.25) is 0 Å². The van der Waals surface area contributed by atoms with Gasteiger partial charge in [0.15, 0.2) is 0 Å². The van der Waals surface area contributed by atoms with E-state index in [1.165, 1.54) is 12.1 Å². The Kier molecular flexibility index (Phi) is 4.67. The smallest absolute Gasteiger partial charge is 0.273 e. The fraction of sp³-hybridized carbons (Fsp3) is 0.0714. The monoisotopic (exact) mass is 382 g/mol. The number of benzene rings is 2. The van der Waals surface area contributed by atoms with Gasteiger partial charge < -0.3 is 0 Å². The second-order valence-corrected chi connectivity index (χ2v) is 5.45. The summed E-state index contributed by atoms with van der Waals surface area (Å²) in [6.45, 7) is 0.575. The maximum Gasteiger partial charge on any atom is 0.273 e. The molecule has 20 heavy (non-hydrogen) atoms. The number of nitrogens with two attached hydrogens (primary N) is 1. The van der Waals surface area contributed by atoms with E-state index in [4.69, 9.17) is 5.73 Å². The molecule has 0 radical (unpaired) electrons. The zero-order valence-electron chi connectivity index (χ0n) is 10.5. The van der Waals surface area contributed by atoms with E-state index in [-0.39, 0.29) is 5.69 Å². The van der Waals surface area contributed by atoms with Gasteiger partial charge in [-0.1, -0.05) is 30.3 Å². The molecule has 102 valence electrons. The van der Waals surface area contributed by atoms with Crippen LogP contribution in [-0.4, -0.2) is 10.8 Å². The van der Waals surface area contributed by atoms with Crippen molar-refractivity contribution in [3.8, 4) is 0 Å². The normalized spacial score (nSPS) is 11.3. The third kappa shape index (κ3) is 3.77. The van der Waals surface area contributed by atoms with Crippen molar-refractivity contribution >= 4 is 34.1 Å². The van der Waals surface area contributed by atoms with Crippen LogP contribution in [0.1, 0.15) is 11.1 Å². The average molecular weight is 382 g/mol. The Morgan fingerprint density at radius 1 is 1.25 bits per heavy atom. The molecule has 0 amide bonds. The van der Waals surface area contributed by atoms with Gasteiger partial charge in [0.25, 0.3) is 11.5 Å². The minimum atomic E-state index is -0.420. The summed E-state index contributed by atoms with van der Waals surface area (Å²) in [4.78, 5) is 13.5. The zero-order chi connectivity index (χ0) is 14.5. The fourth-order valence-electron chi connectivity index (χ4n) is 1.73. The first-order valence-corrected chi connectivity index (χ1v) is 7.00. The van der Waals surface area contributed by atoms with E-state index in [2.05, 4.69) is 4.99 Å². The second kappa shape index (κ2) is 6.47. The average Bonchev–Trinajstić information content (AvgIpc) is 2.45. The van der Waals surface area contributed by atoms with Gasteiger partial charge in [-0.05, 0) is 34.2 Å². The van der Waals surface area contributed by atoms with Gasteiger partial charge in [-0.3, -0.25) is 20.8 Å². The molecule has 0 aromatic heterocycles. The summed E-state index contributed by atoms with van der Waals surface area (Å²) in [6, 6.07) is 14.6. The number of nitro groups is 1. The van der Waals surface area contributed by atoms with Crippen LogP contribution in [0.25, 0.3) is 0 Å². The van der Waals surface area contributed by atoms with Gasteiger partial charge in [-0.15, -0.1) is 0 Å². The molecule has 0 saturated heterocycles. The topological polar surface area (TPSA) is 83.1 Å². The number of nitrogen functional groups attached to an aromatic ring is 1. The molecule has 0 spiro atoms. The number of amidine groups is 1. The molecule has 0 bridgehead atoms. The lowest BCUT2D eigenvalue weighted by molar-refractivity contribution is -0.475. The molecule has 5 nitrogen and oxygen atoms in total. The summed E-state index contributed by atoms with van der Waals surface area (Å²) in [6.07, 6.45) is 0. The molecule has 0 atom stereocenters. The number of nitrogens with zero attached hydrogens (tertiary/aromatic N) is 1. The van der Waals surface area contributed by atoms with Gasteiger partial charge in [0.2, 0.25) is 0 Å². The Labute approximate surface area is 129 Å². The van der Waals surface area contributed by atoms with Crippen LogP contribution < -0.4 is 10.7 Å². The highest BCUT2D eigenvalue weighted by Gasteiger charge is 2.13. The number of halogens is 1. The molecule has 3 N–H and O–H groups in total. The summed E-state index contributed by atoms with van der Waals surface area (Å²) < 4.78 is 0.774. The first-order chi connectivity index (χ1) is 9.56. The summed E-state index contributed by atoms with van der Waals surface area (Å²) in [5.41, 5.74) is 7.72. The largest absolute Gasteiger partial charge is 0.287 e. The molecule has 0 aliphatic carbocycles. The molecule has 2 aromatic carbocycles. The van der Waals surface area contributed by atoms with Gasteiger partial charge >= 0.3 is 0 Å². The standard InChI is InChI=1S/C14H12IN3O2/c15-12-6-11(7-13(8-12)18(19)20)14(16)17-9-10-4-2-1-3-5-10/h1-8H,9H2,(H2,16,17)/p+1. The minimum absolute atomic E-state index is 0.0383. The first kappa shape index (κ1) is 14.4. The van der Waals surface area contributed by atoms with Gasteiger partial charge in [-0.2, -0.15) is 0 Å². The van der Waals surface area contributed by atoms with E-state index in [0.717, 1.165) is 9.13 Å². The van der Waals surface area contributed by atoms with Gasteiger partial charge in [0.05, 0.1) is 10.5 Å². The van der Waals surface area contributed by atoms with E-state index >= 15 is 0 Å². The highest BCUT2D eigenvalue weighted by atomic mass is 127. The van der Waals surface area contributed by atoms with E-state index < -0.39 is 4.92 Å². The summed E-state index contributed by atoms with van der Waals surface area (Å²) in [7, 11) is 0. The van der Waals surface area contributed by atoms with Gasteiger partial charge in [0, 0.05) is 15.7 Å². The molecule has 0 heterocycles. The zero-order valence-corrected chi connectivity index (χ0v) is 12.7. The van der Waals surface area contributed by atoms with Gasteiger partial charge in [-0.25, -0.2) is 0 Å². The van der Waals surface area contributed by atoms with Crippen LogP contribution >= 0.6 is 22.6 Å². The summed E-state index contributed by atoms with van der Waals surface area (Å²) >= 11 is 2.04. The van der Waals surface area contributed by atoms with Crippen molar-refractivity contribution in [1.29, 1.82) is 0 Å². The number of hydrogen-bond donors (Lipinski definition) is 2. The lowest BCUT2D eigenvalue weighted by Gasteiger charge is -1.99. The molecule has 6 heteroatoms. The lowest BCUT2D eigenvalue weighted by atomic mass is 10.2. The molecule has 0 fully saturated rings. The van der Waals surface area contributed by atoms with Crippen LogP contribution in [0.3, 0.4) is 0 Å². The maximum atomic E-state index is 10.8. The molecule has 2 aromatic rings. The van der Waals surface area contributed by atoms with Crippen LogP contribution in [0.4, 0.5) is 5.69 Å². The van der Waals surface area contributed by atoms with Crippen molar-refractivity contribution < 1.29 is 9.92 Å². The number of rotatable bonds is 4. The Morgan fingerprint density at radius 2 is 1.95 bits per heavy atom.